The van der Waals surface area contributed by atoms with Gasteiger partial charge in [0.2, 0.25) is 0 Å². The maximum absolute atomic E-state index is 5.87. The smallest absolute Gasteiger partial charge is 0.193 e. The van der Waals surface area contributed by atoms with Crippen LogP contribution in [0.4, 0.5) is 0 Å². The summed E-state index contributed by atoms with van der Waals surface area (Å²) in [7, 11) is 3.96. The maximum Gasteiger partial charge on any atom is 0.193 e. The quantitative estimate of drug-likeness (QED) is 0.283. The molecule has 0 unspecified atom stereocenters. The predicted molar refractivity (Wildman–Crippen MR) is 138 cm³/mol. The molecule has 1 N–H and O–H groups in total. The van der Waals surface area contributed by atoms with Gasteiger partial charge in [-0.2, -0.15) is 0 Å². The number of nitrogens with one attached hydrogen (secondary N) is 1. The van der Waals surface area contributed by atoms with Crippen molar-refractivity contribution in [1.82, 2.24) is 10.2 Å². The van der Waals surface area contributed by atoms with Crippen molar-refractivity contribution in [2.45, 2.75) is 39.0 Å². The molecule has 1 fully saturated rings. The molecule has 6 heteroatoms. The van der Waals surface area contributed by atoms with Crippen molar-refractivity contribution in [1.29, 1.82) is 0 Å². The molecule has 170 valence electrons. The van der Waals surface area contributed by atoms with E-state index in [1.807, 2.05) is 25.2 Å². The zero-order chi connectivity index (χ0) is 21.0. The average Bonchev–Trinajstić information content (AvgIpc) is 2.80. The molecule has 0 bridgehead atoms. The summed E-state index contributed by atoms with van der Waals surface area (Å²) in [6.45, 7) is 4.83. The molecule has 0 radical (unpaired) electrons. The normalized spacial score (nSPS) is 14.7. The largest absolute Gasteiger partial charge is 0.381 e. The van der Waals surface area contributed by atoms with Crippen LogP contribution in [0.2, 0.25) is 0 Å². The summed E-state index contributed by atoms with van der Waals surface area (Å²) in [6, 6.07) is 18.8. The minimum atomic E-state index is 0. The van der Waals surface area contributed by atoms with Gasteiger partial charge in [0.15, 0.2) is 5.96 Å². The Morgan fingerprint density at radius 3 is 2.45 bits per heavy atom. The van der Waals surface area contributed by atoms with Crippen molar-refractivity contribution in [3.63, 3.8) is 0 Å². The molecule has 5 nitrogen and oxygen atoms in total. The number of nitrogens with zero attached hydrogens (tertiary/aromatic N) is 2. The number of rotatable bonds is 9. The molecule has 0 aromatic heterocycles. The van der Waals surface area contributed by atoms with E-state index in [9.17, 15) is 0 Å². The van der Waals surface area contributed by atoms with Crippen LogP contribution in [0.25, 0.3) is 0 Å². The van der Waals surface area contributed by atoms with Crippen LogP contribution in [0.1, 0.15) is 36.0 Å². The Kier molecular flexibility index (Phi) is 11.9. The van der Waals surface area contributed by atoms with E-state index >= 15 is 0 Å². The van der Waals surface area contributed by atoms with E-state index in [-0.39, 0.29) is 24.0 Å². The van der Waals surface area contributed by atoms with Crippen molar-refractivity contribution in [3.05, 3.63) is 71.3 Å². The highest BCUT2D eigenvalue weighted by atomic mass is 127. The number of hydrogen-bond donors (Lipinski definition) is 1. The van der Waals surface area contributed by atoms with Crippen LogP contribution in [0.15, 0.2) is 59.6 Å². The first-order valence-electron chi connectivity index (χ1n) is 10.9. The lowest BCUT2D eigenvalue weighted by atomic mass is 9.96. The first kappa shape index (κ1) is 25.6. The highest BCUT2D eigenvalue weighted by molar-refractivity contribution is 14.0. The van der Waals surface area contributed by atoms with Crippen LogP contribution in [0.3, 0.4) is 0 Å². The van der Waals surface area contributed by atoms with Gasteiger partial charge in [-0.3, -0.25) is 4.99 Å². The summed E-state index contributed by atoms with van der Waals surface area (Å²) in [5, 5.41) is 3.49. The number of hydrogen-bond acceptors (Lipinski definition) is 3. The molecular weight excluding hydrogens is 501 g/mol. The second-order valence-electron chi connectivity index (χ2n) is 7.97. The fraction of sp³-hybridized carbons (Fsp3) is 0.480. The Morgan fingerprint density at radius 1 is 1.03 bits per heavy atom. The number of halogens is 1. The average molecular weight is 537 g/mol. The van der Waals surface area contributed by atoms with Gasteiger partial charge in [-0.1, -0.05) is 54.6 Å². The predicted octanol–water partition coefficient (Wildman–Crippen LogP) is 4.85. The third kappa shape index (κ3) is 9.17. The van der Waals surface area contributed by atoms with Gasteiger partial charge in [0.25, 0.3) is 0 Å². The highest BCUT2D eigenvalue weighted by Crippen LogP contribution is 2.18. The Hall–Kier alpha value is -1.64. The molecule has 1 heterocycles. The molecular formula is C25H36IN3O2. The van der Waals surface area contributed by atoms with Crippen LogP contribution in [0.5, 0.6) is 0 Å². The van der Waals surface area contributed by atoms with Gasteiger partial charge in [0.1, 0.15) is 0 Å². The molecule has 1 saturated heterocycles. The summed E-state index contributed by atoms with van der Waals surface area (Å²) in [6.07, 6.45) is 3.55. The molecule has 1 aliphatic rings. The van der Waals surface area contributed by atoms with Crippen LogP contribution in [0, 0.1) is 5.92 Å². The van der Waals surface area contributed by atoms with Gasteiger partial charge in [-0.25, -0.2) is 0 Å². The van der Waals surface area contributed by atoms with Crippen LogP contribution in [-0.2, 0) is 29.2 Å². The fourth-order valence-electron chi connectivity index (χ4n) is 3.77. The second-order valence-corrected chi connectivity index (χ2v) is 7.97. The Labute approximate surface area is 204 Å². The molecule has 0 aliphatic carbocycles. The van der Waals surface area contributed by atoms with E-state index in [4.69, 9.17) is 9.47 Å². The molecule has 1 aliphatic heterocycles. The van der Waals surface area contributed by atoms with E-state index in [0.717, 1.165) is 38.2 Å². The van der Waals surface area contributed by atoms with Crippen LogP contribution in [-0.4, -0.2) is 44.7 Å². The summed E-state index contributed by atoms with van der Waals surface area (Å²) in [5.41, 5.74) is 3.62. The van der Waals surface area contributed by atoms with Crippen LogP contribution < -0.4 is 5.32 Å². The van der Waals surface area contributed by atoms with E-state index in [1.54, 1.807) is 0 Å². The van der Waals surface area contributed by atoms with E-state index in [2.05, 4.69) is 58.7 Å². The lowest BCUT2D eigenvalue weighted by Gasteiger charge is -2.27. The topological polar surface area (TPSA) is 46.1 Å². The van der Waals surface area contributed by atoms with E-state index < -0.39 is 0 Å². The maximum atomic E-state index is 5.87. The Bertz CT molecular complexity index is 779. The standard InChI is InChI=1S/C25H35N3O2.HI/c1-26-25(28(2)14-11-21-12-15-29-16-13-21)27-18-23-9-6-10-24(17-23)20-30-19-22-7-4-3-5-8-22;/h3-10,17,21H,11-16,18-20H2,1-2H3,(H,26,27);1H. The van der Waals surface area contributed by atoms with Crippen molar-refractivity contribution < 1.29 is 9.47 Å². The summed E-state index contributed by atoms with van der Waals surface area (Å²) in [5.74, 6) is 1.71. The van der Waals surface area contributed by atoms with Gasteiger partial charge in [-0.05, 0) is 41.9 Å². The van der Waals surface area contributed by atoms with Gasteiger partial charge < -0.3 is 19.7 Å². The highest BCUT2D eigenvalue weighted by Gasteiger charge is 2.15. The van der Waals surface area contributed by atoms with Gasteiger partial charge in [0, 0.05) is 40.4 Å². The first-order chi connectivity index (χ1) is 14.7. The monoisotopic (exact) mass is 537 g/mol. The summed E-state index contributed by atoms with van der Waals surface area (Å²) >= 11 is 0. The fourth-order valence-corrected chi connectivity index (χ4v) is 3.77. The first-order valence-corrected chi connectivity index (χ1v) is 10.9. The van der Waals surface area contributed by atoms with Crippen molar-refractivity contribution >= 4 is 29.9 Å². The second kappa shape index (κ2) is 14.4. The van der Waals surface area contributed by atoms with Crippen molar-refractivity contribution in [3.8, 4) is 0 Å². The number of ether oxygens (including phenoxy) is 2. The molecule has 3 rings (SSSR count). The summed E-state index contributed by atoms with van der Waals surface area (Å²) in [4.78, 5) is 6.68. The third-order valence-electron chi connectivity index (χ3n) is 5.61. The van der Waals surface area contributed by atoms with Crippen molar-refractivity contribution in [2.75, 3.05) is 33.9 Å². The zero-order valence-electron chi connectivity index (χ0n) is 18.8. The van der Waals surface area contributed by atoms with E-state index in [0.29, 0.717) is 13.2 Å². The third-order valence-corrected chi connectivity index (χ3v) is 5.61. The van der Waals surface area contributed by atoms with Crippen LogP contribution >= 0.6 is 24.0 Å². The van der Waals surface area contributed by atoms with E-state index in [1.165, 1.54) is 36.0 Å². The molecule has 2 aromatic carbocycles. The molecule has 2 aromatic rings. The zero-order valence-corrected chi connectivity index (χ0v) is 21.1. The van der Waals surface area contributed by atoms with Gasteiger partial charge >= 0.3 is 0 Å². The lowest BCUT2D eigenvalue weighted by Crippen LogP contribution is -2.39. The Balaban J connectivity index is 0.00000341. The minimum Gasteiger partial charge on any atom is -0.381 e. The SMILES string of the molecule is CN=C(NCc1cccc(COCc2ccccc2)c1)N(C)CCC1CCOCC1.I. The summed E-state index contributed by atoms with van der Waals surface area (Å²) < 4.78 is 11.3. The minimum absolute atomic E-state index is 0. The lowest BCUT2D eigenvalue weighted by molar-refractivity contribution is 0.0625. The number of guanidine groups is 1. The number of benzene rings is 2. The molecule has 0 atom stereocenters. The van der Waals surface area contributed by atoms with Gasteiger partial charge in [0.05, 0.1) is 13.2 Å². The van der Waals surface area contributed by atoms with Crippen molar-refractivity contribution in [2.24, 2.45) is 10.9 Å². The molecule has 0 spiro atoms. The molecule has 31 heavy (non-hydrogen) atoms. The molecule has 0 amide bonds. The Morgan fingerprint density at radius 2 is 1.71 bits per heavy atom. The van der Waals surface area contributed by atoms with Gasteiger partial charge in [-0.15, -0.1) is 24.0 Å². The number of aliphatic imine (C=N–C) groups is 1. The molecule has 0 saturated carbocycles.